The third-order valence-corrected chi connectivity index (χ3v) is 3.39. The Bertz CT molecular complexity index is 445. The Balaban J connectivity index is 2.05. The Hall–Kier alpha value is -0.580. The Morgan fingerprint density at radius 1 is 1.53 bits per heavy atom. The molecule has 0 aromatic carbocycles. The van der Waals surface area contributed by atoms with Gasteiger partial charge in [-0.2, -0.15) is 11.3 Å². The number of anilines is 1. The molecule has 0 amide bonds. The van der Waals surface area contributed by atoms with Crippen molar-refractivity contribution in [3.8, 4) is 0 Å². The second-order valence-corrected chi connectivity index (χ2v) is 5.04. The second kappa shape index (κ2) is 4.96. The van der Waals surface area contributed by atoms with Crippen LogP contribution in [0, 0.1) is 0 Å². The van der Waals surface area contributed by atoms with Crippen LogP contribution in [0.1, 0.15) is 5.56 Å². The van der Waals surface area contributed by atoms with Crippen molar-refractivity contribution in [3.63, 3.8) is 0 Å². The van der Waals surface area contributed by atoms with E-state index in [1.54, 1.807) is 17.5 Å². The van der Waals surface area contributed by atoms with Gasteiger partial charge in [0.2, 0.25) is 0 Å². The molecule has 0 radical (unpaired) electrons. The fraction of sp³-hybridized carbons (Fsp3) is 0.100. The smallest absolute Gasteiger partial charge is 0.140 e. The van der Waals surface area contributed by atoms with E-state index >= 15 is 0 Å². The van der Waals surface area contributed by atoms with Crippen molar-refractivity contribution in [2.45, 2.75) is 6.54 Å². The number of halogens is 2. The van der Waals surface area contributed by atoms with Gasteiger partial charge in [-0.15, -0.1) is 0 Å². The molecule has 0 saturated heterocycles. The van der Waals surface area contributed by atoms with E-state index in [-0.39, 0.29) is 0 Å². The quantitative estimate of drug-likeness (QED) is 0.920. The first-order valence-electron chi connectivity index (χ1n) is 4.31. The van der Waals surface area contributed by atoms with Crippen LogP contribution < -0.4 is 5.32 Å². The number of hydrogen-bond donors (Lipinski definition) is 1. The molecule has 0 saturated carbocycles. The maximum Gasteiger partial charge on any atom is 0.140 e. The van der Waals surface area contributed by atoms with Crippen LogP contribution in [0.2, 0.25) is 5.02 Å². The van der Waals surface area contributed by atoms with Crippen molar-refractivity contribution in [1.82, 2.24) is 4.98 Å². The predicted molar refractivity (Wildman–Crippen MR) is 68.6 cm³/mol. The summed E-state index contributed by atoms with van der Waals surface area (Å²) in [5, 5.41) is 8.03. The minimum atomic E-state index is 0.628. The van der Waals surface area contributed by atoms with Gasteiger partial charge in [0.1, 0.15) is 5.82 Å². The fourth-order valence-corrected chi connectivity index (χ4v) is 2.57. The molecule has 2 aromatic heterocycles. The van der Waals surface area contributed by atoms with Crippen molar-refractivity contribution in [3.05, 3.63) is 44.1 Å². The molecule has 0 aliphatic heterocycles. The Morgan fingerprint density at radius 2 is 2.40 bits per heavy atom. The molecule has 2 aromatic rings. The number of hydrogen-bond acceptors (Lipinski definition) is 3. The summed E-state index contributed by atoms with van der Waals surface area (Å²) in [5.41, 5.74) is 1.25. The molecule has 2 heterocycles. The molecule has 0 fully saturated rings. The zero-order valence-electron chi connectivity index (χ0n) is 7.71. The van der Waals surface area contributed by atoms with Gasteiger partial charge < -0.3 is 5.32 Å². The highest BCUT2D eigenvalue weighted by atomic mass is 79.9. The molecular formula is C10H8BrClN2S. The largest absolute Gasteiger partial charge is 0.365 e. The van der Waals surface area contributed by atoms with Crippen LogP contribution in [0.15, 0.2) is 33.6 Å². The Morgan fingerprint density at radius 3 is 3.07 bits per heavy atom. The lowest BCUT2D eigenvalue weighted by molar-refractivity contribution is 1.11. The SMILES string of the molecule is Clc1cnc(NCc2ccsc2)c(Br)c1. The van der Waals surface area contributed by atoms with E-state index < -0.39 is 0 Å². The second-order valence-electron chi connectivity index (χ2n) is 2.97. The van der Waals surface area contributed by atoms with Crippen molar-refractivity contribution < 1.29 is 0 Å². The van der Waals surface area contributed by atoms with Crippen LogP contribution in [0.4, 0.5) is 5.82 Å². The summed E-state index contributed by atoms with van der Waals surface area (Å²) in [6.07, 6.45) is 1.63. The number of thiophene rings is 1. The lowest BCUT2D eigenvalue weighted by Gasteiger charge is -2.06. The third-order valence-electron chi connectivity index (χ3n) is 1.85. The highest BCUT2D eigenvalue weighted by Crippen LogP contribution is 2.23. The van der Waals surface area contributed by atoms with Gasteiger partial charge in [-0.25, -0.2) is 4.98 Å². The zero-order chi connectivity index (χ0) is 10.7. The maximum atomic E-state index is 5.80. The lowest BCUT2D eigenvalue weighted by Crippen LogP contribution is -2.00. The van der Waals surface area contributed by atoms with E-state index in [9.17, 15) is 0 Å². The summed E-state index contributed by atoms with van der Waals surface area (Å²) in [5.74, 6) is 0.811. The van der Waals surface area contributed by atoms with Gasteiger partial charge in [0.25, 0.3) is 0 Å². The molecule has 0 spiro atoms. The molecule has 15 heavy (non-hydrogen) atoms. The molecule has 5 heteroatoms. The van der Waals surface area contributed by atoms with Gasteiger partial charge in [-0.3, -0.25) is 0 Å². The van der Waals surface area contributed by atoms with Gasteiger partial charge >= 0.3 is 0 Å². The monoisotopic (exact) mass is 302 g/mol. The first kappa shape index (κ1) is 10.9. The number of nitrogens with zero attached hydrogens (tertiary/aromatic N) is 1. The van der Waals surface area contributed by atoms with E-state index in [1.807, 2.05) is 6.07 Å². The third kappa shape index (κ3) is 2.93. The van der Waals surface area contributed by atoms with Crippen LogP contribution in [-0.4, -0.2) is 4.98 Å². The van der Waals surface area contributed by atoms with Crippen molar-refractivity contribution in [1.29, 1.82) is 0 Å². The highest BCUT2D eigenvalue weighted by Gasteiger charge is 2.01. The molecule has 0 aliphatic rings. The highest BCUT2D eigenvalue weighted by molar-refractivity contribution is 9.10. The van der Waals surface area contributed by atoms with Crippen molar-refractivity contribution in [2.24, 2.45) is 0 Å². The molecule has 2 rings (SSSR count). The van der Waals surface area contributed by atoms with Crippen LogP contribution in [0.3, 0.4) is 0 Å². The van der Waals surface area contributed by atoms with Crippen LogP contribution in [0.5, 0.6) is 0 Å². The Kier molecular flexibility index (Phi) is 3.61. The number of rotatable bonds is 3. The average molecular weight is 304 g/mol. The van der Waals surface area contributed by atoms with E-state index in [0.29, 0.717) is 5.02 Å². The van der Waals surface area contributed by atoms with Gasteiger partial charge in [-0.1, -0.05) is 11.6 Å². The van der Waals surface area contributed by atoms with Gasteiger partial charge in [-0.05, 0) is 44.4 Å². The summed E-state index contributed by atoms with van der Waals surface area (Å²) in [4.78, 5) is 4.19. The van der Waals surface area contributed by atoms with Crippen molar-refractivity contribution in [2.75, 3.05) is 5.32 Å². The van der Waals surface area contributed by atoms with E-state index in [4.69, 9.17) is 11.6 Å². The first-order chi connectivity index (χ1) is 7.25. The number of nitrogens with one attached hydrogen (secondary N) is 1. The molecule has 0 unspecified atom stereocenters. The zero-order valence-corrected chi connectivity index (χ0v) is 10.9. The molecule has 1 N–H and O–H groups in total. The summed E-state index contributed by atoms with van der Waals surface area (Å²) < 4.78 is 0.880. The average Bonchev–Trinajstić information content (AvgIpc) is 2.69. The number of pyridine rings is 1. The minimum Gasteiger partial charge on any atom is -0.365 e. The molecular weight excluding hydrogens is 296 g/mol. The topological polar surface area (TPSA) is 24.9 Å². The summed E-state index contributed by atoms with van der Waals surface area (Å²) in [6, 6.07) is 3.91. The summed E-state index contributed by atoms with van der Waals surface area (Å²) >= 11 is 10.9. The summed E-state index contributed by atoms with van der Waals surface area (Å²) in [7, 11) is 0. The maximum absolute atomic E-state index is 5.80. The van der Waals surface area contributed by atoms with Crippen LogP contribution in [-0.2, 0) is 6.54 Å². The van der Waals surface area contributed by atoms with Crippen molar-refractivity contribution >= 4 is 44.7 Å². The van der Waals surface area contributed by atoms with Gasteiger partial charge in [0.05, 0.1) is 9.50 Å². The number of aromatic nitrogens is 1. The van der Waals surface area contributed by atoms with E-state index in [0.717, 1.165) is 16.8 Å². The van der Waals surface area contributed by atoms with E-state index in [2.05, 4.69) is 43.1 Å². The molecule has 78 valence electrons. The fourth-order valence-electron chi connectivity index (χ4n) is 1.12. The Labute approximate surface area is 105 Å². The minimum absolute atomic E-state index is 0.628. The predicted octanol–water partition coefficient (Wildman–Crippen LogP) is 4.17. The standard InChI is InChI=1S/C10H8BrClN2S/c11-9-3-8(12)5-14-10(9)13-4-7-1-2-15-6-7/h1-3,5-6H,4H2,(H,13,14). The van der Waals surface area contributed by atoms with Gasteiger partial charge in [0, 0.05) is 12.7 Å². The summed E-state index contributed by atoms with van der Waals surface area (Å²) in [6.45, 7) is 0.775. The molecule has 0 atom stereocenters. The normalized spacial score (nSPS) is 10.3. The van der Waals surface area contributed by atoms with Gasteiger partial charge in [0.15, 0.2) is 0 Å². The lowest BCUT2D eigenvalue weighted by atomic mass is 10.3. The molecule has 0 aliphatic carbocycles. The first-order valence-corrected chi connectivity index (χ1v) is 6.43. The molecule has 0 bridgehead atoms. The molecule has 2 nitrogen and oxygen atoms in total. The van der Waals surface area contributed by atoms with Crippen LogP contribution >= 0.6 is 38.9 Å². The van der Waals surface area contributed by atoms with Crippen LogP contribution in [0.25, 0.3) is 0 Å². The van der Waals surface area contributed by atoms with E-state index in [1.165, 1.54) is 5.56 Å².